The van der Waals surface area contributed by atoms with Gasteiger partial charge in [0.2, 0.25) is 11.8 Å². The molecule has 0 radical (unpaired) electrons. The summed E-state index contributed by atoms with van der Waals surface area (Å²) in [4.78, 5) is 27.3. The van der Waals surface area contributed by atoms with Gasteiger partial charge in [0.1, 0.15) is 6.04 Å². The number of thioether (sulfide) groups is 1. The summed E-state index contributed by atoms with van der Waals surface area (Å²) < 4.78 is 0. The molecule has 0 aliphatic rings. The standard InChI is InChI=1S/C23H30N2O2S/c1-3-21(23(27)24-4-2)25(17-19-11-7-5-8-12-19)22(26)15-16-28-18-20-13-9-6-10-14-20/h5-14,21H,3-4,15-18H2,1-2H3,(H,24,27)/t21-/m0/s1. The molecule has 0 saturated heterocycles. The lowest BCUT2D eigenvalue weighted by Gasteiger charge is -2.30. The van der Waals surface area contributed by atoms with Crippen LogP contribution in [0, 0.1) is 0 Å². The third-order valence-corrected chi connectivity index (χ3v) is 5.53. The molecule has 1 atom stereocenters. The second kappa shape index (κ2) is 12.2. The summed E-state index contributed by atoms with van der Waals surface area (Å²) in [6.07, 6.45) is 1.03. The zero-order chi connectivity index (χ0) is 20.2. The molecule has 0 bridgehead atoms. The number of nitrogens with one attached hydrogen (secondary N) is 1. The Kier molecular flexibility index (Phi) is 9.63. The average Bonchev–Trinajstić information content (AvgIpc) is 2.72. The summed E-state index contributed by atoms with van der Waals surface area (Å²) in [7, 11) is 0. The van der Waals surface area contributed by atoms with Crippen LogP contribution in [0.4, 0.5) is 0 Å². The van der Waals surface area contributed by atoms with Crippen LogP contribution < -0.4 is 5.32 Å². The van der Waals surface area contributed by atoms with Crippen molar-refractivity contribution >= 4 is 23.6 Å². The van der Waals surface area contributed by atoms with Crippen LogP contribution in [0.15, 0.2) is 60.7 Å². The molecule has 1 N–H and O–H groups in total. The highest BCUT2D eigenvalue weighted by molar-refractivity contribution is 7.98. The number of carbonyl (C=O) groups is 2. The van der Waals surface area contributed by atoms with Gasteiger partial charge in [-0.05, 0) is 24.5 Å². The second-order valence-corrected chi connectivity index (χ2v) is 7.72. The fourth-order valence-corrected chi connectivity index (χ4v) is 3.95. The quantitative estimate of drug-likeness (QED) is 0.576. The molecule has 0 aliphatic heterocycles. The summed E-state index contributed by atoms with van der Waals surface area (Å²) in [5.41, 5.74) is 2.30. The monoisotopic (exact) mass is 398 g/mol. The van der Waals surface area contributed by atoms with E-state index in [4.69, 9.17) is 0 Å². The van der Waals surface area contributed by atoms with E-state index in [0.717, 1.165) is 17.1 Å². The van der Waals surface area contributed by atoms with Crippen LogP contribution in [0.2, 0.25) is 0 Å². The molecular weight excluding hydrogens is 368 g/mol. The van der Waals surface area contributed by atoms with E-state index in [1.165, 1.54) is 5.56 Å². The van der Waals surface area contributed by atoms with Gasteiger partial charge in [0.15, 0.2) is 0 Å². The lowest BCUT2D eigenvalue weighted by atomic mass is 10.1. The van der Waals surface area contributed by atoms with Crippen molar-refractivity contribution in [2.24, 2.45) is 0 Å². The highest BCUT2D eigenvalue weighted by Gasteiger charge is 2.27. The number of amides is 2. The Morgan fingerprint density at radius 1 is 0.964 bits per heavy atom. The Labute approximate surface area is 172 Å². The van der Waals surface area contributed by atoms with Gasteiger partial charge in [0, 0.05) is 31.0 Å². The van der Waals surface area contributed by atoms with Crippen molar-refractivity contribution in [3.8, 4) is 0 Å². The van der Waals surface area contributed by atoms with Crippen molar-refractivity contribution in [2.45, 2.75) is 45.0 Å². The molecule has 4 nitrogen and oxygen atoms in total. The van der Waals surface area contributed by atoms with Crippen molar-refractivity contribution in [1.29, 1.82) is 0 Å². The first-order valence-corrected chi connectivity index (χ1v) is 11.0. The highest BCUT2D eigenvalue weighted by atomic mass is 32.2. The van der Waals surface area contributed by atoms with Crippen molar-refractivity contribution in [3.05, 3.63) is 71.8 Å². The highest BCUT2D eigenvalue weighted by Crippen LogP contribution is 2.17. The number of carbonyl (C=O) groups excluding carboxylic acids is 2. The zero-order valence-corrected chi connectivity index (χ0v) is 17.6. The maximum Gasteiger partial charge on any atom is 0.242 e. The molecule has 0 aliphatic carbocycles. The van der Waals surface area contributed by atoms with Crippen LogP contribution in [-0.4, -0.2) is 35.1 Å². The second-order valence-electron chi connectivity index (χ2n) is 6.61. The minimum Gasteiger partial charge on any atom is -0.355 e. The third-order valence-electron chi connectivity index (χ3n) is 4.50. The Hall–Kier alpha value is -2.27. The van der Waals surface area contributed by atoms with Gasteiger partial charge in [-0.15, -0.1) is 0 Å². The molecule has 28 heavy (non-hydrogen) atoms. The normalized spacial score (nSPS) is 11.6. The molecule has 2 aromatic carbocycles. The van der Waals surface area contributed by atoms with Crippen molar-refractivity contribution in [3.63, 3.8) is 0 Å². The Morgan fingerprint density at radius 3 is 2.14 bits per heavy atom. The van der Waals surface area contributed by atoms with E-state index >= 15 is 0 Å². The van der Waals surface area contributed by atoms with Crippen LogP contribution in [-0.2, 0) is 21.9 Å². The van der Waals surface area contributed by atoms with E-state index in [2.05, 4.69) is 17.4 Å². The summed E-state index contributed by atoms with van der Waals surface area (Å²) in [5, 5.41) is 2.87. The summed E-state index contributed by atoms with van der Waals surface area (Å²) in [6.45, 7) is 4.87. The van der Waals surface area contributed by atoms with E-state index in [-0.39, 0.29) is 11.8 Å². The molecule has 2 amide bonds. The van der Waals surface area contributed by atoms with E-state index in [9.17, 15) is 9.59 Å². The molecule has 0 unspecified atom stereocenters. The molecule has 5 heteroatoms. The van der Waals surface area contributed by atoms with Crippen LogP contribution in [0.3, 0.4) is 0 Å². The van der Waals surface area contributed by atoms with Gasteiger partial charge in [-0.1, -0.05) is 67.6 Å². The summed E-state index contributed by atoms with van der Waals surface area (Å²) >= 11 is 1.75. The van der Waals surface area contributed by atoms with E-state index in [1.54, 1.807) is 16.7 Å². The van der Waals surface area contributed by atoms with Gasteiger partial charge >= 0.3 is 0 Å². The first kappa shape index (κ1) is 22.0. The van der Waals surface area contributed by atoms with Gasteiger partial charge in [-0.25, -0.2) is 0 Å². The van der Waals surface area contributed by atoms with Gasteiger partial charge in [-0.2, -0.15) is 11.8 Å². The SMILES string of the molecule is CCNC(=O)[C@H](CC)N(Cc1ccccc1)C(=O)CCSCc1ccccc1. The average molecular weight is 399 g/mol. The number of rotatable bonds is 11. The molecule has 2 rings (SSSR count). The third kappa shape index (κ3) is 7.04. The smallest absolute Gasteiger partial charge is 0.242 e. The molecule has 2 aromatic rings. The van der Waals surface area contributed by atoms with Gasteiger partial charge in [0.05, 0.1) is 0 Å². The fraction of sp³-hybridized carbons (Fsp3) is 0.391. The van der Waals surface area contributed by atoms with Crippen LogP contribution in [0.25, 0.3) is 0 Å². The lowest BCUT2D eigenvalue weighted by Crippen LogP contribution is -2.49. The molecule has 0 fully saturated rings. The minimum absolute atomic E-state index is 0.0301. The van der Waals surface area contributed by atoms with Crippen LogP contribution >= 0.6 is 11.8 Å². The molecule has 0 heterocycles. The lowest BCUT2D eigenvalue weighted by molar-refractivity contribution is -0.141. The predicted molar refractivity (Wildman–Crippen MR) is 117 cm³/mol. The maximum absolute atomic E-state index is 13.0. The van der Waals surface area contributed by atoms with Gasteiger partial charge < -0.3 is 10.2 Å². The van der Waals surface area contributed by atoms with Crippen molar-refractivity contribution in [2.75, 3.05) is 12.3 Å². The minimum atomic E-state index is -0.438. The summed E-state index contributed by atoms with van der Waals surface area (Å²) in [6, 6.07) is 19.7. The number of hydrogen-bond donors (Lipinski definition) is 1. The largest absolute Gasteiger partial charge is 0.355 e. The summed E-state index contributed by atoms with van der Waals surface area (Å²) in [5.74, 6) is 1.58. The molecular formula is C23H30N2O2S. The van der Waals surface area contributed by atoms with E-state index in [1.807, 2.05) is 62.4 Å². The maximum atomic E-state index is 13.0. The first-order valence-electron chi connectivity index (χ1n) is 9.88. The predicted octanol–water partition coefficient (Wildman–Crippen LogP) is 4.25. The number of benzene rings is 2. The number of hydrogen-bond acceptors (Lipinski definition) is 3. The topological polar surface area (TPSA) is 49.4 Å². The van der Waals surface area contributed by atoms with Gasteiger partial charge in [0.25, 0.3) is 0 Å². The molecule has 0 aromatic heterocycles. The Morgan fingerprint density at radius 2 is 1.57 bits per heavy atom. The van der Waals surface area contributed by atoms with Crippen molar-refractivity contribution in [1.82, 2.24) is 10.2 Å². The Balaban J connectivity index is 1.99. The van der Waals surface area contributed by atoms with Gasteiger partial charge in [-0.3, -0.25) is 9.59 Å². The molecule has 0 spiro atoms. The molecule has 150 valence electrons. The number of likely N-dealkylation sites (N-methyl/N-ethyl adjacent to an activating group) is 1. The number of nitrogens with zero attached hydrogens (tertiary/aromatic N) is 1. The molecule has 0 saturated carbocycles. The van der Waals surface area contributed by atoms with E-state index < -0.39 is 6.04 Å². The first-order chi connectivity index (χ1) is 13.7. The zero-order valence-electron chi connectivity index (χ0n) is 16.8. The van der Waals surface area contributed by atoms with Crippen LogP contribution in [0.5, 0.6) is 0 Å². The Bertz CT molecular complexity index is 722. The van der Waals surface area contributed by atoms with E-state index in [0.29, 0.717) is 25.9 Å². The van der Waals surface area contributed by atoms with Crippen molar-refractivity contribution < 1.29 is 9.59 Å². The van der Waals surface area contributed by atoms with Crippen LogP contribution in [0.1, 0.15) is 37.8 Å². The fourth-order valence-electron chi connectivity index (χ4n) is 3.06.